The molecular formula is C30H50O6. The van der Waals surface area contributed by atoms with E-state index in [9.17, 15) is 30.3 Å². The number of rotatable bonds is 1. The molecule has 5 fully saturated rings. The normalized spacial score (nSPS) is 57.5. The quantitative estimate of drug-likeness (QED) is 0.360. The Morgan fingerprint density at radius 1 is 0.778 bits per heavy atom. The molecule has 6 nitrogen and oxygen atoms in total. The van der Waals surface area contributed by atoms with Crippen LogP contribution in [0.3, 0.4) is 0 Å². The summed E-state index contributed by atoms with van der Waals surface area (Å²) in [4.78, 5) is 12.8. The van der Waals surface area contributed by atoms with Gasteiger partial charge in [-0.15, -0.1) is 0 Å². The Hall–Kier alpha value is -0.690. The van der Waals surface area contributed by atoms with Crippen molar-refractivity contribution in [1.29, 1.82) is 0 Å². The van der Waals surface area contributed by atoms with Gasteiger partial charge in [-0.1, -0.05) is 48.5 Å². The number of carboxylic acids is 1. The molecule has 5 aliphatic carbocycles. The summed E-state index contributed by atoms with van der Waals surface area (Å²) in [5.74, 6) is -1.07. The fourth-order valence-corrected chi connectivity index (χ4v) is 11.5. The smallest absolute Gasteiger partial charge is 0.310 e. The zero-order valence-electron chi connectivity index (χ0n) is 23.5. The average molecular weight is 507 g/mol. The highest BCUT2D eigenvalue weighted by Gasteiger charge is 2.78. The van der Waals surface area contributed by atoms with Crippen LogP contribution in [0.25, 0.3) is 0 Å². The van der Waals surface area contributed by atoms with Gasteiger partial charge in [0, 0.05) is 11.3 Å². The van der Waals surface area contributed by atoms with Crippen molar-refractivity contribution in [2.24, 2.45) is 50.2 Å². The van der Waals surface area contributed by atoms with E-state index >= 15 is 0 Å². The predicted octanol–water partition coefficient (Wildman–Crippen LogP) is 4.37. The summed E-state index contributed by atoms with van der Waals surface area (Å²) >= 11 is 0. The molecule has 2 unspecified atom stereocenters. The number of fused-ring (bicyclic) bond motifs is 7. The van der Waals surface area contributed by atoms with Crippen molar-refractivity contribution in [3.63, 3.8) is 0 Å². The third-order valence-electron chi connectivity index (χ3n) is 13.8. The van der Waals surface area contributed by atoms with Crippen molar-refractivity contribution in [1.82, 2.24) is 0 Å². The third kappa shape index (κ3) is 2.91. The van der Waals surface area contributed by atoms with Gasteiger partial charge < -0.3 is 25.5 Å². The van der Waals surface area contributed by atoms with Crippen molar-refractivity contribution < 1.29 is 30.3 Å². The van der Waals surface area contributed by atoms with E-state index in [4.69, 9.17) is 0 Å². The topological polar surface area (TPSA) is 118 Å². The van der Waals surface area contributed by atoms with Gasteiger partial charge in [-0.05, 0) is 91.3 Å². The average Bonchev–Trinajstić information content (AvgIpc) is 2.76. The molecule has 5 aliphatic rings. The first-order chi connectivity index (χ1) is 16.3. The van der Waals surface area contributed by atoms with Crippen molar-refractivity contribution in [2.75, 3.05) is 0 Å². The fourth-order valence-electron chi connectivity index (χ4n) is 11.5. The molecule has 0 amide bonds. The molecule has 5 rings (SSSR count). The van der Waals surface area contributed by atoms with E-state index in [0.717, 1.165) is 19.3 Å². The summed E-state index contributed by atoms with van der Waals surface area (Å²) < 4.78 is 0. The van der Waals surface area contributed by atoms with Gasteiger partial charge >= 0.3 is 5.97 Å². The molecule has 0 saturated heterocycles. The highest BCUT2D eigenvalue weighted by Crippen LogP contribution is 2.78. The Bertz CT molecular complexity index is 946. The molecule has 0 bridgehead atoms. The SMILES string of the molecule is CC1(C)CC[C@]2(C(=O)O)CC[C@]3(C)C(O)(C(O)C[C@@H]4[C@@]5(C)C[C@@H](O)[C@H](O)C(C)(C)[C@@H]5CC[C@]43C)[C@@H]2C1. The number of aliphatic carboxylic acids is 1. The largest absolute Gasteiger partial charge is 0.481 e. The minimum atomic E-state index is -1.49. The van der Waals surface area contributed by atoms with Crippen LogP contribution in [-0.2, 0) is 4.79 Å². The fraction of sp³-hybridized carbons (Fsp3) is 0.967. The molecule has 0 aromatic carbocycles. The highest BCUT2D eigenvalue weighted by molar-refractivity contribution is 5.76. The van der Waals surface area contributed by atoms with E-state index in [1.54, 1.807) is 0 Å². The summed E-state index contributed by atoms with van der Waals surface area (Å²) in [5.41, 5.74) is -4.30. The van der Waals surface area contributed by atoms with Crippen LogP contribution in [0, 0.1) is 50.2 Å². The zero-order chi connectivity index (χ0) is 26.9. The van der Waals surface area contributed by atoms with Crippen LogP contribution in [0.4, 0.5) is 0 Å². The van der Waals surface area contributed by atoms with Crippen LogP contribution in [0.15, 0.2) is 0 Å². The Labute approximate surface area is 216 Å². The van der Waals surface area contributed by atoms with Crippen LogP contribution in [-0.4, -0.2) is 55.4 Å². The zero-order valence-corrected chi connectivity index (χ0v) is 23.5. The van der Waals surface area contributed by atoms with Gasteiger partial charge in [-0.2, -0.15) is 0 Å². The Balaban J connectivity index is 1.64. The lowest BCUT2D eigenvalue weighted by molar-refractivity contribution is -0.346. The summed E-state index contributed by atoms with van der Waals surface area (Å²) in [6.07, 6.45) is 3.08. The van der Waals surface area contributed by atoms with E-state index in [2.05, 4.69) is 48.5 Å². The molecule has 0 radical (unpaired) electrons. The van der Waals surface area contributed by atoms with E-state index in [-0.39, 0.29) is 28.1 Å². The molecule has 5 saturated carbocycles. The van der Waals surface area contributed by atoms with E-state index < -0.39 is 52.0 Å². The second-order valence-electron chi connectivity index (χ2n) is 15.9. The molecular weight excluding hydrogens is 456 g/mol. The maximum Gasteiger partial charge on any atom is 0.310 e. The van der Waals surface area contributed by atoms with Gasteiger partial charge in [0.1, 0.15) is 5.60 Å². The molecule has 0 spiro atoms. The molecule has 0 aromatic rings. The minimum absolute atomic E-state index is 0.0550. The first-order valence-electron chi connectivity index (χ1n) is 14.3. The lowest BCUT2D eigenvalue weighted by Crippen LogP contribution is -2.79. The van der Waals surface area contributed by atoms with Gasteiger partial charge in [0.15, 0.2) is 0 Å². The molecule has 0 heterocycles. The highest BCUT2D eigenvalue weighted by atomic mass is 16.4. The third-order valence-corrected chi connectivity index (χ3v) is 13.8. The lowest BCUT2D eigenvalue weighted by atomic mass is 9.29. The lowest BCUT2D eigenvalue weighted by Gasteiger charge is -2.76. The van der Waals surface area contributed by atoms with Crippen molar-refractivity contribution in [2.45, 2.75) is 130 Å². The molecule has 11 atom stereocenters. The summed E-state index contributed by atoms with van der Waals surface area (Å²) in [7, 11) is 0. The van der Waals surface area contributed by atoms with Gasteiger partial charge in [-0.25, -0.2) is 0 Å². The van der Waals surface area contributed by atoms with Gasteiger partial charge in [0.05, 0.1) is 23.7 Å². The predicted molar refractivity (Wildman–Crippen MR) is 137 cm³/mol. The maximum atomic E-state index is 12.8. The van der Waals surface area contributed by atoms with Crippen molar-refractivity contribution >= 4 is 5.97 Å². The Morgan fingerprint density at radius 2 is 1.39 bits per heavy atom. The number of carbonyl (C=O) groups is 1. The monoisotopic (exact) mass is 506 g/mol. The van der Waals surface area contributed by atoms with Gasteiger partial charge in [0.25, 0.3) is 0 Å². The first-order valence-corrected chi connectivity index (χ1v) is 14.3. The number of hydrogen-bond donors (Lipinski definition) is 5. The van der Waals surface area contributed by atoms with Crippen LogP contribution in [0.5, 0.6) is 0 Å². The second kappa shape index (κ2) is 7.49. The number of aliphatic hydroxyl groups is 4. The molecule has 6 heteroatoms. The standard InChI is InChI=1S/C30H50O6/c1-24(2)10-12-29(23(34)35)13-11-28(7)27(6)9-8-18-25(3,4)22(33)17(31)15-26(18,5)19(27)14-21(32)30(28,36)20(29)16-24/h17-22,31-33,36H,8-16H2,1-7H3,(H,34,35)/t17-,18+,19-,20-,21?,22+,26+,27-,28+,29+,30?/m1/s1. The van der Waals surface area contributed by atoms with Crippen LogP contribution in [0.1, 0.15) is 106 Å². The first kappa shape index (κ1) is 26.9. The van der Waals surface area contributed by atoms with E-state index in [1.165, 1.54) is 0 Å². The number of aliphatic hydroxyl groups excluding tert-OH is 3. The van der Waals surface area contributed by atoms with Crippen LogP contribution < -0.4 is 0 Å². The van der Waals surface area contributed by atoms with E-state index in [0.29, 0.717) is 38.5 Å². The van der Waals surface area contributed by atoms with Gasteiger partial charge in [-0.3, -0.25) is 4.79 Å². The molecule has 0 aromatic heterocycles. The summed E-state index contributed by atoms with van der Waals surface area (Å²) in [5, 5.41) is 57.3. The van der Waals surface area contributed by atoms with Crippen molar-refractivity contribution in [3.05, 3.63) is 0 Å². The summed E-state index contributed by atoms with van der Waals surface area (Å²) in [6, 6.07) is 0. The molecule has 5 N–H and O–H groups in total. The molecule has 206 valence electrons. The molecule has 36 heavy (non-hydrogen) atoms. The van der Waals surface area contributed by atoms with Gasteiger partial charge in [0.2, 0.25) is 0 Å². The second-order valence-corrected chi connectivity index (χ2v) is 15.9. The number of hydrogen-bond acceptors (Lipinski definition) is 5. The Morgan fingerprint density at radius 3 is 2.00 bits per heavy atom. The van der Waals surface area contributed by atoms with Crippen LogP contribution >= 0.6 is 0 Å². The summed E-state index contributed by atoms with van der Waals surface area (Å²) in [6.45, 7) is 15.1. The molecule has 0 aliphatic heterocycles. The van der Waals surface area contributed by atoms with Crippen LogP contribution in [0.2, 0.25) is 0 Å². The Kier molecular flexibility index (Phi) is 5.59. The van der Waals surface area contributed by atoms with Crippen molar-refractivity contribution in [3.8, 4) is 0 Å². The number of carboxylic acid groups (broad SMARTS) is 1. The maximum absolute atomic E-state index is 12.8. The minimum Gasteiger partial charge on any atom is -0.481 e. The van der Waals surface area contributed by atoms with E-state index in [1.807, 2.05) is 0 Å².